The average molecular weight is 264 g/mol. The van der Waals surface area contributed by atoms with Gasteiger partial charge in [0.15, 0.2) is 0 Å². The molecule has 1 aliphatic heterocycles. The minimum atomic E-state index is -0.410. The Bertz CT molecular complexity index is 512. The molecule has 0 radical (unpaired) electrons. The third-order valence-corrected chi connectivity index (χ3v) is 3.34. The minimum absolute atomic E-state index is 0.0317. The second-order valence-electron chi connectivity index (χ2n) is 4.60. The van der Waals surface area contributed by atoms with E-state index in [1.54, 1.807) is 7.05 Å². The van der Waals surface area contributed by atoms with Crippen LogP contribution >= 0.6 is 0 Å². The van der Waals surface area contributed by atoms with Gasteiger partial charge in [-0.15, -0.1) is 5.10 Å². The van der Waals surface area contributed by atoms with Crippen molar-refractivity contribution in [1.29, 1.82) is 5.26 Å². The van der Waals surface area contributed by atoms with E-state index in [1.165, 1.54) is 10.9 Å². The van der Waals surface area contributed by atoms with Crippen molar-refractivity contribution >= 4 is 11.5 Å². The van der Waals surface area contributed by atoms with Gasteiger partial charge in [0.2, 0.25) is 5.82 Å². The molecule has 0 aromatic carbocycles. The van der Waals surface area contributed by atoms with Gasteiger partial charge in [0.1, 0.15) is 6.20 Å². The molecule has 1 atom stereocenters. The summed E-state index contributed by atoms with van der Waals surface area (Å²) < 4.78 is 1.46. The second kappa shape index (κ2) is 5.24. The quantitative estimate of drug-likeness (QED) is 0.578. The molecule has 0 amide bonds. The first-order valence-electron chi connectivity index (χ1n) is 6.09. The number of rotatable bonds is 3. The van der Waals surface area contributed by atoms with Crippen molar-refractivity contribution in [3.63, 3.8) is 0 Å². The van der Waals surface area contributed by atoms with Gasteiger partial charge in [-0.2, -0.15) is 5.26 Å². The number of aryl methyl sites for hydroxylation is 1. The summed E-state index contributed by atoms with van der Waals surface area (Å²) in [5, 5.41) is 24.0. The number of nitriles is 1. The zero-order valence-corrected chi connectivity index (χ0v) is 11.0. The minimum Gasteiger partial charge on any atom is -0.347 e. The number of hydrogen-bond acceptors (Lipinski definition) is 6. The first-order chi connectivity index (χ1) is 9.02. The van der Waals surface area contributed by atoms with E-state index in [1.807, 2.05) is 11.8 Å². The number of nitrogens with zero attached hydrogens (tertiary/aromatic N) is 6. The highest BCUT2D eigenvalue weighted by Crippen LogP contribution is 2.26. The van der Waals surface area contributed by atoms with Gasteiger partial charge in [0.05, 0.1) is 17.0 Å². The van der Waals surface area contributed by atoms with Crippen LogP contribution in [0.1, 0.15) is 6.92 Å². The summed E-state index contributed by atoms with van der Waals surface area (Å²) >= 11 is 0. The molecule has 1 fully saturated rings. The van der Waals surface area contributed by atoms with Crippen LogP contribution < -0.4 is 4.90 Å². The molecular weight excluding hydrogens is 248 g/mol. The molecule has 1 saturated heterocycles. The smallest absolute Gasteiger partial charge is 0.330 e. The Balaban J connectivity index is 2.10. The first kappa shape index (κ1) is 13.3. The van der Waals surface area contributed by atoms with E-state index in [4.69, 9.17) is 5.26 Å². The molecule has 0 bridgehead atoms. The predicted molar refractivity (Wildman–Crippen MR) is 68.7 cm³/mol. The molecule has 0 aliphatic carbocycles. The number of anilines is 1. The molecule has 2 heterocycles. The van der Waals surface area contributed by atoms with Gasteiger partial charge in [0.25, 0.3) is 0 Å². The number of nitro groups is 1. The van der Waals surface area contributed by atoms with Crippen molar-refractivity contribution in [3.05, 3.63) is 16.3 Å². The molecule has 1 unspecified atom stereocenters. The van der Waals surface area contributed by atoms with Gasteiger partial charge < -0.3 is 4.90 Å². The van der Waals surface area contributed by atoms with Crippen LogP contribution in [0, 0.1) is 21.4 Å². The van der Waals surface area contributed by atoms with Crippen molar-refractivity contribution in [2.24, 2.45) is 7.05 Å². The number of hydrogen-bond donors (Lipinski definition) is 0. The lowest BCUT2D eigenvalue weighted by Gasteiger charge is -2.35. The number of aromatic nitrogens is 2. The molecule has 0 N–H and O–H groups in total. The summed E-state index contributed by atoms with van der Waals surface area (Å²) in [6.45, 7) is 4.57. The van der Waals surface area contributed by atoms with E-state index < -0.39 is 4.92 Å². The molecule has 2 rings (SSSR count). The molecule has 8 nitrogen and oxygen atoms in total. The van der Waals surface area contributed by atoms with Crippen LogP contribution in [0.5, 0.6) is 0 Å². The molecule has 1 aliphatic rings. The summed E-state index contributed by atoms with van der Waals surface area (Å²) in [5.74, 6) is 0.414. The van der Waals surface area contributed by atoms with Crippen LogP contribution in [0.3, 0.4) is 0 Å². The van der Waals surface area contributed by atoms with E-state index in [-0.39, 0.29) is 11.7 Å². The predicted octanol–water partition coefficient (Wildman–Crippen LogP) is 0.362. The molecule has 1 aromatic heterocycles. The highest BCUT2D eigenvalue weighted by molar-refractivity contribution is 5.57. The van der Waals surface area contributed by atoms with Crippen LogP contribution in [0.4, 0.5) is 11.5 Å². The highest BCUT2D eigenvalue weighted by atomic mass is 16.6. The molecule has 8 heteroatoms. The van der Waals surface area contributed by atoms with Crippen LogP contribution in [0.25, 0.3) is 0 Å². The fourth-order valence-electron chi connectivity index (χ4n) is 2.22. The van der Waals surface area contributed by atoms with Crippen LogP contribution in [0.15, 0.2) is 6.20 Å². The van der Waals surface area contributed by atoms with Gasteiger partial charge >= 0.3 is 5.69 Å². The van der Waals surface area contributed by atoms with Crippen LogP contribution in [0.2, 0.25) is 0 Å². The molecule has 0 saturated carbocycles. The Morgan fingerprint density at radius 3 is 2.63 bits per heavy atom. The molecular formula is C11H16N6O2. The van der Waals surface area contributed by atoms with Gasteiger partial charge in [0, 0.05) is 33.2 Å². The maximum atomic E-state index is 11.0. The zero-order chi connectivity index (χ0) is 14.0. The lowest BCUT2D eigenvalue weighted by molar-refractivity contribution is -0.384. The average Bonchev–Trinajstić information content (AvgIpc) is 2.80. The molecule has 102 valence electrons. The number of piperazine rings is 1. The zero-order valence-electron chi connectivity index (χ0n) is 11.0. The van der Waals surface area contributed by atoms with E-state index in [2.05, 4.69) is 16.1 Å². The van der Waals surface area contributed by atoms with Crippen LogP contribution in [-0.2, 0) is 7.05 Å². The third kappa shape index (κ3) is 2.66. The van der Waals surface area contributed by atoms with E-state index in [0.717, 1.165) is 0 Å². The Morgan fingerprint density at radius 2 is 2.11 bits per heavy atom. The largest absolute Gasteiger partial charge is 0.347 e. The van der Waals surface area contributed by atoms with E-state index >= 15 is 0 Å². The Kier molecular flexibility index (Phi) is 3.66. The van der Waals surface area contributed by atoms with Crippen molar-refractivity contribution in [3.8, 4) is 6.07 Å². The SMILES string of the molecule is CC(C#N)N1CCN(c2nn(C)cc2[N+](=O)[O-])CC1. The summed E-state index contributed by atoms with van der Waals surface area (Å²) in [4.78, 5) is 14.5. The van der Waals surface area contributed by atoms with E-state index in [0.29, 0.717) is 32.0 Å². The van der Waals surface area contributed by atoms with Crippen molar-refractivity contribution < 1.29 is 4.92 Å². The van der Waals surface area contributed by atoms with Gasteiger partial charge in [-0.3, -0.25) is 19.7 Å². The molecule has 1 aromatic rings. The normalized spacial score (nSPS) is 18.1. The fourth-order valence-corrected chi connectivity index (χ4v) is 2.22. The van der Waals surface area contributed by atoms with Crippen molar-refractivity contribution in [1.82, 2.24) is 14.7 Å². The van der Waals surface area contributed by atoms with Crippen molar-refractivity contribution in [2.75, 3.05) is 31.1 Å². The topological polar surface area (TPSA) is 91.2 Å². The Hall–Kier alpha value is -2.14. The fraction of sp³-hybridized carbons (Fsp3) is 0.636. The highest BCUT2D eigenvalue weighted by Gasteiger charge is 2.28. The maximum Gasteiger partial charge on any atom is 0.330 e. The van der Waals surface area contributed by atoms with Crippen molar-refractivity contribution in [2.45, 2.75) is 13.0 Å². The van der Waals surface area contributed by atoms with Crippen LogP contribution in [-0.4, -0.2) is 51.8 Å². The Morgan fingerprint density at radius 1 is 1.47 bits per heavy atom. The molecule has 0 spiro atoms. The monoisotopic (exact) mass is 264 g/mol. The maximum absolute atomic E-state index is 11.0. The summed E-state index contributed by atoms with van der Waals surface area (Å²) in [5.41, 5.74) is 0.0317. The summed E-state index contributed by atoms with van der Waals surface area (Å²) in [6.07, 6.45) is 1.42. The van der Waals surface area contributed by atoms with Gasteiger partial charge in [-0.05, 0) is 6.92 Å². The summed E-state index contributed by atoms with van der Waals surface area (Å²) in [7, 11) is 1.67. The van der Waals surface area contributed by atoms with E-state index in [9.17, 15) is 10.1 Å². The second-order valence-corrected chi connectivity index (χ2v) is 4.60. The van der Waals surface area contributed by atoms with Gasteiger partial charge in [-0.1, -0.05) is 0 Å². The summed E-state index contributed by atoms with van der Waals surface area (Å²) in [6, 6.07) is 2.08. The van der Waals surface area contributed by atoms with Gasteiger partial charge in [-0.25, -0.2) is 0 Å². The standard InChI is InChI=1S/C11H16N6O2/c1-9(7-12)15-3-5-16(6-4-15)11-10(17(18)19)8-14(2)13-11/h8-9H,3-6H2,1-2H3. The lowest BCUT2D eigenvalue weighted by atomic mass is 10.2. The lowest BCUT2D eigenvalue weighted by Crippen LogP contribution is -2.49. The Labute approximate surface area is 111 Å². The molecule has 19 heavy (non-hydrogen) atoms. The third-order valence-electron chi connectivity index (χ3n) is 3.34. The first-order valence-corrected chi connectivity index (χ1v) is 6.09.